The van der Waals surface area contributed by atoms with Gasteiger partial charge in [0.05, 0.1) is 5.41 Å². The van der Waals surface area contributed by atoms with Crippen LogP contribution >= 0.6 is 0 Å². The van der Waals surface area contributed by atoms with Gasteiger partial charge in [-0.3, -0.25) is 9.78 Å². The summed E-state index contributed by atoms with van der Waals surface area (Å²) in [5.74, 6) is -0.811. The molecule has 2 amide bonds. The normalized spacial score (nSPS) is 21.3. The minimum atomic E-state index is -0.811. The molecule has 6 nitrogen and oxygen atoms in total. The van der Waals surface area contributed by atoms with Crippen LogP contribution in [0, 0.1) is 5.41 Å². The fourth-order valence-electron chi connectivity index (χ4n) is 2.62. The zero-order chi connectivity index (χ0) is 15.3. The lowest BCUT2D eigenvalue weighted by Crippen LogP contribution is -2.42. The molecule has 1 aliphatic rings. The van der Waals surface area contributed by atoms with E-state index in [0.717, 1.165) is 5.69 Å². The molecule has 0 aromatic carbocycles. The highest BCUT2D eigenvalue weighted by Crippen LogP contribution is 2.34. The third-order valence-electron chi connectivity index (χ3n) is 4.15. The molecule has 1 saturated heterocycles. The van der Waals surface area contributed by atoms with Crippen LogP contribution in [0.1, 0.15) is 25.5 Å². The number of urea groups is 1. The molecule has 1 unspecified atom stereocenters. The summed E-state index contributed by atoms with van der Waals surface area (Å²) in [7, 11) is 0. The lowest BCUT2D eigenvalue weighted by molar-refractivity contribution is -0.148. The lowest BCUT2D eigenvalue weighted by Gasteiger charge is -2.23. The zero-order valence-corrected chi connectivity index (χ0v) is 12.2. The predicted octanol–water partition coefficient (Wildman–Crippen LogP) is 1.52. The fourth-order valence-corrected chi connectivity index (χ4v) is 2.62. The number of carboxylic acid groups (broad SMARTS) is 1. The van der Waals surface area contributed by atoms with E-state index in [4.69, 9.17) is 0 Å². The van der Waals surface area contributed by atoms with E-state index in [1.807, 2.05) is 25.1 Å². The van der Waals surface area contributed by atoms with E-state index < -0.39 is 11.4 Å². The Balaban J connectivity index is 1.81. The van der Waals surface area contributed by atoms with Crippen molar-refractivity contribution < 1.29 is 14.7 Å². The van der Waals surface area contributed by atoms with Crippen LogP contribution in [0.5, 0.6) is 0 Å². The molecule has 1 aliphatic heterocycles. The van der Waals surface area contributed by atoms with Gasteiger partial charge < -0.3 is 15.3 Å². The number of aliphatic carboxylic acids is 1. The van der Waals surface area contributed by atoms with Gasteiger partial charge in [-0.2, -0.15) is 0 Å². The second kappa shape index (κ2) is 6.56. The van der Waals surface area contributed by atoms with E-state index in [9.17, 15) is 14.7 Å². The topological polar surface area (TPSA) is 82.5 Å². The number of pyridine rings is 1. The number of carbonyl (C=O) groups is 2. The molecule has 2 N–H and O–H groups in total. The first-order valence-corrected chi connectivity index (χ1v) is 7.23. The summed E-state index contributed by atoms with van der Waals surface area (Å²) in [6, 6.07) is 5.48. The molecule has 1 aromatic heterocycles. The molecule has 1 fully saturated rings. The van der Waals surface area contributed by atoms with Crippen molar-refractivity contribution in [3.63, 3.8) is 0 Å². The molecule has 1 aromatic rings. The van der Waals surface area contributed by atoms with E-state index in [-0.39, 0.29) is 12.6 Å². The summed E-state index contributed by atoms with van der Waals surface area (Å²) in [5, 5.41) is 12.1. The molecular formula is C15H21N3O3. The molecule has 2 rings (SSSR count). The van der Waals surface area contributed by atoms with E-state index >= 15 is 0 Å². The summed E-state index contributed by atoms with van der Waals surface area (Å²) in [6.45, 7) is 3.14. The predicted molar refractivity (Wildman–Crippen MR) is 77.9 cm³/mol. The molecule has 0 aliphatic carbocycles. The maximum Gasteiger partial charge on any atom is 0.317 e. The molecular weight excluding hydrogens is 270 g/mol. The van der Waals surface area contributed by atoms with Crippen molar-refractivity contribution in [3.8, 4) is 0 Å². The molecule has 2 heterocycles. The highest BCUT2D eigenvalue weighted by Gasteiger charge is 2.44. The highest BCUT2D eigenvalue weighted by molar-refractivity contribution is 5.79. The molecule has 0 spiro atoms. The number of nitrogens with one attached hydrogen (secondary N) is 1. The number of hydrogen-bond acceptors (Lipinski definition) is 3. The maximum atomic E-state index is 12.1. The smallest absolute Gasteiger partial charge is 0.317 e. The first kappa shape index (κ1) is 15.3. The summed E-state index contributed by atoms with van der Waals surface area (Å²) in [6.07, 6.45) is 3.45. The number of carbonyl (C=O) groups excluding carboxylic acids is 1. The Morgan fingerprint density at radius 3 is 2.86 bits per heavy atom. The minimum absolute atomic E-state index is 0.192. The standard InChI is InChI=1S/C15H21N3O3/c1-2-15(13(19)20)7-10-18(11-15)14(21)17-9-6-12-5-3-4-8-16-12/h3-5,8H,2,6-7,9-11H2,1H3,(H,17,21)(H,19,20). The highest BCUT2D eigenvalue weighted by atomic mass is 16.4. The number of rotatable bonds is 5. The second-order valence-corrected chi connectivity index (χ2v) is 5.41. The Bertz CT molecular complexity index is 506. The molecule has 21 heavy (non-hydrogen) atoms. The van der Waals surface area contributed by atoms with Gasteiger partial charge in [-0.1, -0.05) is 13.0 Å². The van der Waals surface area contributed by atoms with Crippen molar-refractivity contribution in [2.24, 2.45) is 5.41 Å². The average Bonchev–Trinajstić information content (AvgIpc) is 2.94. The summed E-state index contributed by atoms with van der Waals surface area (Å²) < 4.78 is 0. The van der Waals surface area contributed by atoms with Gasteiger partial charge in [-0.25, -0.2) is 4.79 Å². The minimum Gasteiger partial charge on any atom is -0.481 e. The first-order valence-electron chi connectivity index (χ1n) is 7.23. The van der Waals surface area contributed by atoms with Crippen LogP contribution in [0.15, 0.2) is 24.4 Å². The van der Waals surface area contributed by atoms with E-state index in [2.05, 4.69) is 10.3 Å². The number of amides is 2. The van der Waals surface area contributed by atoms with E-state index in [0.29, 0.717) is 32.4 Å². The molecule has 1 atom stereocenters. The molecule has 6 heteroatoms. The average molecular weight is 291 g/mol. The van der Waals surface area contributed by atoms with Gasteiger partial charge in [0.1, 0.15) is 0 Å². The van der Waals surface area contributed by atoms with Crippen molar-refractivity contribution in [1.29, 1.82) is 0 Å². The van der Waals surface area contributed by atoms with Crippen LogP contribution in [0.4, 0.5) is 4.79 Å². The van der Waals surface area contributed by atoms with Crippen LogP contribution < -0.4 is 5.32 Å². The molecule has 0 radical (unpaired) electrons. The second-order valence-electron chi connectivity index (χ2n) is 5.41. The summed E-state index contributed by atoms with van der Waals surface area (Å²) >= 11 is 0. The van der Waals surface area contributed by atoms with Crippen LogP contribution in [0.3, 0.4) is 0 Å². The van der Waals surface area contributed by atoms with Gasteiger partial charge in [0, 0.05) is 37.9 Å². The van der Waals surface area contributed by atoms with Crippen LogP contribution in [-0.2, 0) is 11.2 Å². The van der Waals surface area contributed by atoms with Crippen molar-refractivity contribution in [2.75, 3.05) is 19.6 Å². The zero-order valence-electron chi connectivity index (χ0n) is 12.2. The molecule has 0 bridgehead atoms. The number of likely N-dealkylation sites (tertiary alicyclic amines) is 1. The molecule has 0 saturated carbocycles. The number of hydrogen-bond donors (Lipinski definition) is 2. The van der Waals surface area contributed by atoms with Crippen LogP contribution in [0.2, 0.25) is 0 Å². The monoisotopic (exact) mass is 291 g/mol. The van der Waals surface area contributed by atoms with Gasteiger partial charge in [-0.15, -0.1) is 0 Å². The summed E-state index contributed by atoms with van der Waals surface area (Å²) in [4.78, 5) is 29.2. The van der Waals surface area contributed by atoms with Crippen molar-refractivity contribution >= 4 is 12.0 Å². The fraction of sp³-hybridized carbons (Fsp3) is 0.533. The van der Waals surface area contributed by atoms with E-state index in [1.54, 1.807) is 11.1 Å². The van der Waals surface area contributed by atoms with Gasteiger partial charge in [0.15, 0.2) is 0 Å². The van der Waals surface area contributed by atoms with Gasteiger partial charge in [0.2, 0.25) is 0 Å². The third-order valence-corrected chi connectivity index (χ3v) is 4.15. The van der Waals surface area contributed by atoms with Crippen molar-refractivity contribution in [2.45, 2.75) is 26.2 Å². The van der Waals surface area contributed by atoms with E-state index in [1.165, 1.54) is 0 Å². The maximum absolute atomic E-state index is 12.1. The van der Waals surface area contributed by atoms with Crippen LogP contribution in [0.25, 0.3) is 0 Å². The summed E-state index contributed by atoms with van der Waals surface area (Å²) in [5.41, 5.74) is 0.144. The largest absolute Gasteiger partial charge is 0.481 e. The molecule has 114 valence electrons. The van der Waals surface area contributed by atoms with Crippen LogP contribution in [-0.4, -0.2) is 46.6 Å². The Hall–Kier alpha value is -2.11. The third kappa shape index (κ3) is 3.51. The Kier molecular flexibility index (Phi) is 4.77. The number of aromatic nitrogens is 1. The number of nitrogens with zero attached hydrogens (tertiary/aromatic N) is 2. The van der Waals surface area contributed by atoms with Gasteiger partial charge in [0.25, 0.3) is 0 Å². The Labute approximate surface area is 124 Å². The Morgan fingerprint density at radius 2 is 2.29 bits per heavy atom. The lowest BCUT2D eigenvalue weighted by atomic mass is 9.84. The van der Waals surface area contributed by atoms with Crippen molar-refractivity contribution in [3.05, 3.63) is 30.1 Å². The Morgan fingerprint density at radius 1 is 1.48 bits per heavy atom. The number of carboxylic acids is 1. The van der Waals surface area contributed by atoms with Gasteiger partial charge in [-0.05, 0) is 25.0 Å². The van der Waals surface area contributed by atoms with Crippen molar-refractivity contribution in [1.82, 2.24) is 15.2 Å². The quantitative estimate of drug-likeness (QED) is 0.861. The SMILES string of the molecule is CCC1(C(=O)O)CCN(C(=O)NCCc2ccccn2)C1. The first-order chi connectivity index (χ1) is 10.1. The van der Waals surface area contributed by atoms with Gasteiger partial charge >= 0.3 is 12.0 Å².